The summed E-state index contributed by atoms with van der Waals surface area (Å²) in [6, 6.07) is 6.92. The fourth-order valence-electron chi connectivity index (χ4n) is 6.33. The molecule has 45 heavy (non-hydrogen) atoms. The van der Waals surface area contributed by atoms with Gasteiger partial charge in [0, 0.05) is 69.7 Å². The first-order valence-electron chi connectivity index (χ1n) is 16.1. The van der Waals surface area contributed by atoms with Gasteiger partial charge in [-0.3, -0.25) is 9.69 Å². The third-order valence-corrected chi connectivity index (χ3v) is 8.80. The van der Waals surface area contributed by atoms with Crippen molar-refractivity contribution in [2.24, 2.45) is 0 Å². The molecule has 1 aromatic carbocycles. The number of hydrogen-bond donors (Lipinski definition) is 1. The van der Waals surface area contributed by atoms with Crippen LogP contribution in [-0.2, 0) is 4.74 Å². The number of rotatable bonds is 8. The maximum Gasteiger partial charge on any atom is 0.410 e. The lowest BCUT2D eigenvalue weighted by atomic mass is 10.0. The maximum absolute atomic E-state index is 12.6. The standard InChI is InChI=1S/C34H49N7O4/c1-23(2)30-32(44-27-12-15-41(21-27)33(43)45-34(4,5)6)37-31(28(22-42)36-30)35-25-8-9-29(24(3)20-25)40-13-10-26(11-14-40)39-18-16-38(7)17-19-39/h8-9,20,22,26-27H,1,10-19,21H2,2-7H3,(H,35,37)/t27-/m1/s1. The topological polar surface area (TPSA) is 103 Å². The van der Waals surface area contributed by atoms with E-state index in [2.05, 4.69) is 57.7 Å². The van der Waals surface area contributed by atoms with Gasteiger partial charge in [0.05, 0.1) is 6.54 Å². The molecule has 0 unspecified atom stereocenters. The summed E-state index contributed by atoms with van der Waals surface area (Å²) in [7, 11) is 2.20. The molecule has 0 bridgehead atoms. The van der Waals surface area contributed by atoms with Gasteiger partial charge in [0.25, 0.3) is 0 Å². The Morgan fingerprint density at radius 1 is 1.04 bits per heavy atom. The Morgan fingerprint density at radius 3 is 2.38 bits per heavy atom. The van der Waals surface area contributed by atoms with Crippen LogP contribution in [0.25, 0.3) is 5.57 Å². The molecule has 1 aromatic heterocycles. The smallest absolute Gasteiger partial charge is 0.410 e. The maximum atomic E-state index is 12.6. The minimum atomic E-state index is -0.572. The van der Waals surface area contributed by atoms with Crippen molar-refractivity contribution in [1.29, 1.82) is 0 Å². The zero-order chi connectivity index (χ0) is 32.3. The van der Waals surface area contributed by atoms with Gasteiger partial charge in [-0.05, 0) is 83.8 Å². The molecule has 11 nitrogen and oxygen atoms in total. The normalized spacial score (nSPS) is 20.3. The first-order valence-corrected chi connectivity index (χ1v) is 16.1. The van der Waals surface area contributed by atoms with Crippen LogP contribution in [0.5, 0.6) is 5.88 Å². The number of piperidine rings is 1. The average molecular weight is 620 g/mol. The Labute approximate surface area is 267 Å². The number of benzene rings is 1. The van der Waals surface area contributed by atoms with E-state index in [4.69, 9.17) is 14.5 Å². The number of aryl methyl sites for hydroxylation is 1. The third kappa shape index (κ3) is 8.12. The quantitative estimate of drug-likeness (QED) is 0.407. The van der Waals surface area contributed by atoms with E-state index in [1.165, 1.54) is 18.5 Å². The van der Waals surface area contributed by atoms with Gasteiger partial charge >= 0.3 is 6.09 Å². The number of nitrogens with one attached hydrogen (secondary N) is 1. The third-order valence-electron chi connectivity index (χ3n) is 8.80. The molecule has 0 saturated carbocycles. The molecule has 2 aromatic rings. The molecule has 0 spiro atoms. The van der Waals surface area contributed by atoms with E-state index in [1.54, 1.807) is 11.8 Å². The highest BCUT2D eigenvalue weighted by Crippen LogP contribution is 2.32. The Kier molecular flexibility index (Phi) is 9.98. The molecule has 11 heteroatoms. The van der Waals surface area contributed by atoms with Crippen LogP contribution in [0.3, 0.4) is 0 Å². The Morgan fingerprint density at radius 2 is 1.76 bits per heavy atom. The van der Waals surface area contributed by atoms with Crippen LogP contribution in [0.1, 0.15) is 68.7 Å². The number of carbonyl (C=O) groups excluding carboxylic acids is 2. The summed E-state index contributed by atoms with van der Waals surface area (Å²) in [5, 5.41) is 3.30. The molecular formula is C34H49N7O4. The van der Waals surface area contributed by atoms with Crippen molar-refractivity contribution in [2.75, 3.05) is 69.6 Å². The highest BCUT2D eigenvalue weighted by Gasteiger charge is 2.32. The Bertz CT molecular complexity index is 1390. The first-order chi connectivity index (χ1) is 21.4. The van der Waals surface area contributed by atoms with Crippen molar-refractivity contribution in [3.63, 3.8) is 0 Å². The molecule has 5 rings (SSSR count). The van der Waals surface area contributed by atoms with Gasteiger partial charge in [-0.15, -0.1) is 0 Å². The number of aromatic nitrogens is 2. The van der Waals surface area contributed by atoms with Crippen LogP contribution in [0.2, 0.25) is 0 Å². The molecule has 3 aliphatic heterocycles. The molecule has 3 fully saturated rings. The fraction of sp³-hybridized carbons (Fsp3) is 0.588. The molecule has 0 aliphatic carbocycles. The van der Waals surface area contributed by atoms with E-state index >= 15 is 0 Å². The van der Waals surface area contributed by atoms with Crippen LogP contribution >= 0.6 is 0 Å². The molecular weight excluding hydrogens is 570 g/mol. The van der Waals surface area contributed by atoms with Gasteiger partial charge < -0.3 is 29.5 Å². The number of likely N-dealkylation sites (tertiary alicyclic amines) is 1. The second-order valence-corrected chi connectivity index (χ2v) is 13.6. The lowest BCUT2D eigenvalue weighted by molar-refractivity contribution is 0.0274. The van der Waals surface area contributed by atoms with Gasteiger partial charge in [-0.25, -0.2) is 9.78 Å². The monoisotopic (exact) mass is 619 g/mol. The van der Waals surface area contributed by atoms with E-state index in [0.717, 1.165) is 50.5 Å². The number of amides is 1. The highest BCUT2D eigenvalue weighted by molar-refractivity contribution is 5.83. The summed E-state index contributed by atoms with van der Waals surface area (Å²) >= 11 is 0. The summed E-state index contributed by atoms with van der Waals surface area (Å²) < 4.78 is 11.8. The predicted octanol–water partition coefficient (Wildman–Crippen LogP) is 4.98. The van der Waals surface area contributed by atoms with Crippen LogP contribution in [-0.4, -0.2) is 114 Å². The van der Waals surface area contributed by atoms with Gasteiger partial charge in [-0.2, -0.15) is 4.98 Å². The van der Waals surface area contributed by atoms with Crippen molar-refractivity contribution in [1.82, 2.24) is 24.7 Å². The summed E-state index contributed by atoms with van der Waals surface area (Å²) in [5.41, 5.74) is 3.86. The number of aldehydes is 1. The number of anilines is 3. The number of allylic oxidation sites excluding steroid dienone is 1. The molecule has 3 saturated heterocycles. The summed E-state index contributed by atoms with van der Waals surface area (Å²) in [6.07, 6.45) is 3.02. The van der Waals surface area contributed by atoms with E-state index in [-0.39, 0.29) is 23.8 Å². The largest absolute Gasteiger partial charge is 0.471 e. The van der Waals surface area contributed by atoms with Crippen LogP contribution < -0.4 is 15.0 Å². The average Bonchev–Trinajstić information content (AvgIpc) is 3.46. The molecule has 0 radical (unpaired) electrons. The van der Waals surface area contributed by atoms with Crippen LogP contribution in [0.15, 0.2) is 24.8 Å². The molecule has 244 valence electrons. The minimum Gasteiger partial charge on any atom is -0.471 e. The van der Waals surface area contributed by atoms with E-state index in [1.807, 2.05) is 26.8 Å². The summed E-state index contributed by atoms with van der Waals surface area (Å²) in [6.45, 7) is 21.1. The SMILES string of the molecule is C=C(C)c1nc(C=O)c(Nc2ccc(N3CCC(N4CCN(C)CC4)CC3)c(C)c2)nc1O[C@@H]1CCN(C(=O)OC(C)(C)C)C1. The van der Waals surface area contributed by atoms with Crippen molar-refractivity contribution in [3.05, 3.63) is 41.7 Å². The van der Waals surface area contributed by atoms with E-state index < -0.39 is 5.60 Å². The van der Waals surface area contributed by atoms with Gasteiger partial charge in [-0.1, -0.05) is 6.58 Å². The van der Waals surface area contributed by atoms with E-state index in [9.17, 15) is 9.59 Å². The number of carbonyl (C=O) groups is 2. The number of likely N-dealkylation sites (N-methyl/N-ethyl adjacent to an activating group) is 1. The molecule has 4 heterocycles. The molecule has 1 amide bonds. The second kappa shape index (κ2) is 13.7. The van der Waals surface area contributed by atoms with Gasteiger partial charge in [0.2, 0.25) is 5.88 Å². The minimum absolute atomic E-state index is 0.176. The summed E-state index contributed by atoms with van der Waals surface area (Å²) in [4.78, 5) is 43.1. The van der Waals surface area contributed by atoms with Gasteiger partial charge in [0.15, 0.2) is 12.1 Å². The number of hydrogen-bond acceptors (Lipinski definition) is 10. The summed E-state index contributed by atoms with van der Waals surface area (Å²) in [5.74, 6) is 0.593. The molecule has 3 aliphatic rings. The highest BCUT2D eigenvalue weighted by atomic mass is 16.6. The van der Waals surface area contributed by atoms with Crippen molar-refractivity contribution in [3.8, 4) is 5.88 Å². The molecule has 1 N–H and O–H groups in total. The number of piperazine rings is 1. The van der Waals surface area contributed by atoms with Crippen LogP contribution in [0.4, 0.5) is 22.0 Å². The van der Waals surface area contributed by atoms with Crippen LogP contribution in [0, 0.1) is 6.92 Å². The van der Waals surface area contributed by atoms with Crippen molar-refractivity contribution in [2.45, 2.75) is 71.6 Å². The first kappa shape index (κ1) is 32.7. The van der Waals surface area contributed by atoms with Gasteiger partial charge in [0.1, 0.15) is 23.1 Å². The zero-order valence-electron chi connectivity index (χ0n) is 27.8. The second-order valence-electron chi connectivity index (χ2n) is 13.6. The Hall–Kier alpha value is -3.70. The molecule has 1 atom stereocenters. The number of ether oxygens (including phenoxy) is 2. The number of nitrogens with zero attached hydrogens (tertiary/aromatic N) is 6. The Balaban J connectivity index is 1.26. The predicted molar refractivity (Wildman–Crippen MR) is 178 cm³/mol. The van der Waals surface area contributed by atoms with Crippen molar-refractivity contribution >= 4 is 35.1 Å². The van der Waals surface area contributed by atoms with E-state index in [0.29, 0.717) is 48.9 Å². The lowest BCUT2D eigenvalue weighted by Gasteiger charge is -2.43. The van der Waals surface area contributed by atoms with Crippen molar-refractivity contribution < 1.29 is 19.1 Å². The zero-order valence-corrected chi connectivity index (χ0v) is 27.8. The fourth-order valence-corrected chi connectivity index (χ4v) is 6.33. The lowest BCUT2D eigenvalue weighted by Crippen LogP contribution is -2.52.